The summed E-state index contributed by atoms with van der Waals surface area (Å²) in [4.78, 5) is 0. The lowest BCUT2D eigenvalue weighted by Gasteiger charge is -2.32. The zero-order valence-corrected chi connectivity index (χ0v) is 12.7. The molecule has 1 aliphatic heterocycles. The lowest BCUT2D eigenvalue weighted by atomic mass is 9.73. The van der Waals surface area contributed by atoms with Crippen molar-refractivity contribution in [3.8, 4) is 5.75 Å². The van der Waals surface area contributed by atoms with Gasteiger partial charge in [0.25, 0.3) is 0 Å². The molecule has 0 radical (unpaired) electrons. The van der Waals surface area contributed by atoms with Gasteiger partial charge in [-0.05, 0) is 56.8 Å². The fourth-order valence-electron chi connectivity index (χ4n) is 2.26. The third-order valence-electron chi connectivity index (χ3n) is 4.20. The van der Waals surface area contributed by atoms with Crippen LogP contribution in [0.25, 0.3) is 0 Å². The summed E-state index contributed by atoms with van der Waals surface area (Å²) in [6, 6.07) is 5.40. The van der Waals surface area contributed by atoms with Gasteiger partial charge in [-0.2, -0.15) is 0 Å². The molecule has 0 saturated carbocycles. The Kier molecular flexibility index (Phi) is 3.44. The van der Waals surface area contributed by atoms with E-state index in [1.165, 1.54) is 0 Å². The molecule has 1 fully saturated rings. The van der Waals surface area contributed by atoms with Gasteiger partial charge in [0.2, 0.25) is 0 Å². The largest absolute Gasteiger partial charge is 0.508 e. The van der Waals surface area contributed by atoms with E-state index in [9.17, 15) is 5.11 Å². The Morgan fingerprint density at radius 1 is 1.05 bits per heavy atom. The van der Waals surface area contributed by atoms with Gasteiger partial charge in [-0.3, -0.25) is 0 Å². The first-order valence-electron chi connectivity index (χ1n) is 6.82. The Labute approximate surface area is 116 Å². The summed E-state index contributed by atoms with van der Waals surface area (Å²) in [7, 11) is -0.422. The van der Waals surface area contributed by atoms with E-state index in [-0.39, 0.29) is 17.0 Å². The fraction of sp³-hybridized carbons (Fsp3) is 0.600. The molecule has 3 nitrogen and oxygen atoms in total. The molecule has 104 valence electrons. The maximum Gasteiger partial charge on any atom is 0.495 e. The number of benzene rings is 1. The van der Waals surface area contributed by atoms with Gasteiger partial charge in [-0.15, -0.1) is 0 Å². The van der Waals surface area contributed by atoms with Crippen LogP contribution in [0, 0.1) is 0 Å². The second-order valence-corrected chi connectivity index (χ2v) is 6.56. The standard InChI is InChI=1S/C15H23BO3/c1-10(2)12-8-7-11(17)9-13(12)16-18-14(3,4)15(5,6)19-16/h7-10,17H,1-6H3. The van der Waals surface area contributed by atoms with Crippen molar-refractivity contribution < 1.29 is 14.4 Å². The van der Waals surface area contributed by atoms with Crippen LogP contribution in [-0.2, 0) is 9.31 Å². The van der Waals surface area contributed by atoms with Gasteiger partial charge in [-0.25, -0.2) is 0 Å². The Hall–Kier alpha value is -0.995. The molecule has 0 atom stereocenters. The van der Waals surface area contributed by atoms with Gasteiger partial charge in [-0.1, -0.05) is 19.9 Å². The number of hydrogen-bond donors (Lipinski definition) is 1. The predicted molar refractivity (Wildman–Crippen MR) is 77.9 cm³/mol. The van der Waals surface area contributed by atoms with E-state index < -0.39 is 7.12 Å². The molecule has 0 spiro atoms. The first-order valence-corrected chi connectivity index (χ1v) is 6.82. The van der Waals surface area contributed by atoms with E-state index in [0.717, 1.165) is 11.0 Å². The summed E-state index contributed by atoms with van der Waals surface area (Å²) in [5.74, 6) is 0.601. The van der Waals surface area contributed by atoms with Crippen molar-refractivity contribution in [1.82, 2.24) is 0 Å². The Morgan fingerprint density at radius 3 is 2.05 bits per heavy atom. The Bertz CT molecular complexity index is 464. The van der Waals surface area contributed by atoms with E-state index in [1.54, 1.807) is 12.1 Å². The molecule has 1 aromatic rings. The SMILES string of the molecule is CC(C)c1ccc(O)cc1B1OC(C)(C)C(C)(C)O1. The summed E-state index contributed by atoms with van der Waals surface area (Å²) in [6.45, 7) is 12.4. The van der Waals surface area contributed by atoms with Crippen LogP contribution in [0.2, 0.25) is 0 Å². The van der Waals surface area contributed by atoms with Crippen LogP contribution in [-0.4, -0.2) is 23.4 Å². The molecule has 0 aliphatic carbocycles. The van der Waals surface area contributed by atoms with E-state index in [0.29, 0.717) is 5.92 Å². The third-order valence-corrected chi connectivity index (χ3v) is 4.20. The molecule has 2 rings (SSSR count). The van der Waals surface area contributed by atoms with Gasteiger partial charge in [0.1, 0.15) is 5.75 Å². The van der Waals surface area contributed by atoms with E-state index >= 15 is 0 Å². The molecule has 1 aliphatic rings. The number of phenols is 1. The topological polar surface area (TPSA) is 38.7 Å². The van der Waals surface area contributed by atoms with Crippen molar-refractivity contribution in [2.45, 2.75) is 58.7 Å². The van der Waals surface area contributed by atoms with Gasteiger partial charge >= 0.3 is 7.12 Å². The molecule has 1 N–H and O–H groups in total. The molecule has 0 bridgehead atoms. The van der Waals surface area contributed by atoms with E-state index in [2.05, 4.69) is 13.8 Å². The average Bonchev–Trinajstić information content (AvgIpc) is 2.47. The van der Waals surface area contributed by atoms with Crippen LogP contribution >= 0.6 is 0 Å². The maximum atomic E-state index is 9.73. The summed E-state index contributed by atoms with van der Waals surface area (Å²) < 4.78 is 12.1. The monoisotopic (exact) mass is 262 g/mol. The molecular formula is C15H23BO3. The van der Waals surface area contributed by atoms with E-state index in [4.69, 9.17) is 9.31 Å². The van der Waals surface area contributed by atoms with Crippen LogP contribution < -0.4 is 5.46 Å². The van der Waals surface area contributed by atoms with Crippen molar-refractivity contribution in [3.63, 3.8) is 0 Å². The van der Waals surface area contributed by atoms with Crippen LogP contribution in [0.4, 0.5) is 0 Å². The summed E-state index contributed by atoms with van der Waals surface area (Å²) in [5, 5.41) is 9.73. The van der Waals surface area contributed by atoms with Crippen molar-refractivity contribution >= 4 is 12.6 Å². The predicted octanol–water partition coefficient (Wildman–Crippen LogP) is 2.81. The molecule has 1 heterocycles. The quantitative estimate of drug-likeness (QED) is 0.833. The fourth-order valence-corrected chi connectivity index (χ4v) is 2.26. The molecule has 4 heteroatoms. The molecule has 1 saturated heterocycles. The van der Waals surface area contributed by atoms with Gasteiger partial charge < -0.3 is 14.4 Å². The van der Waals surface area contributed by atoms with Gasteiger partial charge in [0.15, 0.2) is 0 Å². The second-order valence-electron chi connectivity index (χ2n) is 6.56. The number of rotatable bonds is 2. The minimum absolute atomic E-state index is 0.245. The van der Waals surface area contributed by atoms with Crippen LogP contribution in [0.15, 0.2) is 18.2 Å². The van der Waals surface area contributed by atoms with Gasteiger partial charge in [0.05, 0.1) is 11.2 Å². The molecule has 0 unspecified atom stereocenters. The minimum Gasteiger partial charge on any atom is -0.508 e. The first-order chi connectivity index (χ1) is 8.64. The summed E-state index contributed by atoms with van der Waals surface area (Å²) in [5.41, 5.74) is 1.35. The zero-order valence-electron chi connectivity index (χ0n) is 12.7. The van der Waals surface area contributed by atoms with Crippen molar-refractivity contribution in [2.24, 2.45) is 0 Å². The zero-order chi connectivity index (χ0) is 14.4. The van der Waals surface area contributed by atoms with Crippen molar-refractivity contribution in [2.75, 3.05) is 0 Å². The molecule has 0 amide bonds. The number of aromatic hydroxyl groups is 1. The summed E-state index contributed by atoms with van der Waals surface area (Å²) >= 11 is 0. The van der Waals surface area contributed by atoms with Crippen molar-refractivity contribution in [3.05, 3.63) is 23.8 Å². The normalized spacial score (nSPS) is 21.1. The number of phenolic OH excluding ortho intramolecular Hbond substituents is 1. The highest BCUT2D eigenvalue weighted by atomic mass is 16.7. The van der Waals surface area contributed by atoms with Crippen LogP contribution in [0.3, 0.4) is 0 Å². The van der Waals surface area contributed by atoms with Crippen LogP contribution in [0.5, 0.6) is 5.75 Å². The van der Waals surface area contributed by atoms with E-state index in [1.807, 2.05) is 33.8 Å². The second kappa shape index (κ2) is 4.53. The third kappa shape index (κ3) is 2.52. The lowest BCUT2D eigenvalue weighted by Crippen LogP contribution is -2.41. The highest BCUT2D eigenvalue weighted by Gasteiger charge is 2.52. The van der Waals surface area contributed by atoms with Crippen molar-refractivity contribution in [1.29, 1.82) is 0 Å². The maximum absolute atomic E-state index is 9.73. The highest BCUT2D eigenvalue weighted by Crippen LogP contribution is 2.37. The average molecular weight is 262 g/mol. The van der Waals surface area contributed by atoms with Crippen LogP contribution in [0.1, 0.15) is 53.0 Å². The minimum atomic E-state index is -0.422. The lowest BCUT2D eigenvalue weighted by molar-refractivity contribution is 0.00578. The Balaban J connectivity index is 2.41. The molecular weight excluding hydrogens is 239 g/mol. The molecule has 0 aromatic heterocycles. The summed E-state index contributed by atoms with van der Waals surface area (Å²) in [6.07, 6.45) is 0. The molecule has 19 heavy (non-hydrogen) atoms. The number of hydrogen-bond acceptors (Lipinski definition) is 3. The smallest absolute Gasteiger partial charge is 0.495 e. The Morgan fingerprint density at radius 2 is 1.58 bits per heavy atom. The van der Waals surface area contributed by atoms with Gasteiger partial charge in [0, 0.05) is 0 Å². The molecule has 1 aromatic carbocycles. The first kappa shape index (κ1) is 14.4. The highest BCUT2D eigenvalue weighted by molar-refractivity contribution is 6.62.